The van der Waals surface area contributed by atoms with E-state index in [0.29, 0.717) is 4.47 Å². The van der Waals surface area contributed by atoms with Crippen molar-refractivity contribution in [1.82, 2.24) is 0 Å². The van der Waals surface area contributed by atoms with Crippen LogP contribution in [-0.4, -0.2) is 24.0 Å². The number of amides is 1. The second kappa shape index (κ2) is 5.69. The van der Waals surface area contributed by atoms with Gasteiger partial charge in [-0.1, -0.05) is 29.8 Å². The van der Waals surface area contributed by atoms with E-state index in [1.807, 2.05) is 0 Å². The van der Waals surface area contributed by atoms with E-state index in [9.17, 15) is 14.0 Å². The maximum atomic E-state index is 13.7. The van der Waals surface area contributed by atoms with E-state index in [2.05, 4.69) is 15.9 Å². The Labute approximate surface area is 119 Å². The lowest BCUT2D eigenvalue weighted by Crippen LogP contribution is -2.40. The standard InChI is InChI=1S/C13H15BrFNO3/c1-13(2,7-11(17)18)12(19)16(3)10-6-8(14)4-5-9(10)15/h4-6H,7H2,1-3H3,(H,17,18). The maximum absolute atomic E-state index is 13.7. The summed E-state index contributed by atoms with van der Waals surface area (Å²) in [6.45, 7) is 3.05. The number of benzene rings is 1. The number of aliphatic carboxylic acids is 1. The summed E-state index contributed by atoms with van der Waals surface area (Å²) < 4.78 is 14.3. The Balaban J connectivity index is 3.05. The molecule has 0 aromatic heterocycles. The van der Waals surface area contributed by atoms with Crippen LogP contribution in [-0.2, 0) is 9.59 Å². The fraction of sp³-hybridized carbons (Fsp3) is 0.385. The van der Waals surface area contributed by atoms with Gasteiger partial charge in [-0.2, -0.15) is 0 Å². The fourth-order valence-corrected chi connectivity index (χ4v) is 2.11. The van der Waals surface area contributed by atoms with Crippen molar-refractivity contribution in [2.45, 2.75) is 20.3 Å². The summed E-state index contributed by atoms with van der Waals surface area (Å²) >= 11 is 3.21. The van der Waals surface area contributed by atoms with Crippen LogP contribution in [0.25, 0.3) is 0 Å². The van der Waals surface area contributed by atoms with Gasteiger partial charge >= 0.3 is 5.97 Å². The third kappa shape index (κ3) is 3.76. The fourth-order valence-electron chi connectivity index (χ4n) is 1.76. The van der Waals surface area contributed by atoms with Gasteiger partial charge in [0.25, 0.3) is 0 Å². The number of halogens is 2. The number of anilines is 1. The first-order chi connectivity index (χ1) is 8.65. The quantitative estimate of drug-likeness (QED) is 0.922. The Morgan fingerprint density at radius 3 is 2.53 bits per heavy atom. The molecule has 0 heterocycles. The normalized spacial score (nSPS) is 11.2. The Morgan fingerprint density at radius 1 is 1.42 bits per heavy atom. The largest absolute Gasteiger partial charge is 0.481 e. The van der Waals surface area contributed by atoms with E-state index in [-0.39, 0.29) is 12.1 Å². The number of carbonyl (C=O) groups excluding carboxylic acids is 1. The van der Waals surface area contributed by atoms with E-state index in [0.717, 1.165) is 4.90 Å². The molecule has 4 nitrogen and oxygen atoms in total. The molecule has 0 saturated heterocycles. The summed E-state index contributed by atoms with van der Waals surface area (Å²) in [6, 6.07) is 4.25. The summed E-state index contributed by atoms with van der Waals surface area (Å²) in [4.78, 5) is 24.1. The lowest BCUT2D eigenvalue weighted by molar-refractivity contribution is -0.143. The van der Waals surface area contributed by atoms with Crippen LogP contribution >= 0.6 is 15.9 Å². The molecule has 0 aliphatic carbocycles. The van der Waals surface area contributed by atoms with Crippen LogP contribution < -0.4 is 4.90 Å². The zero-order valence-electron chi connectivity index (χ0n) is 10.9. The third-order valence-corrected chi connectivity index (χ3v) is 3.24. The van der Waals surface area contributed by atoms with Crippen molar-refractivity contribution in [3.05, 3.63) is 28.5 Å². The molecule has 1 aromatic rings. The molecule has 1 rings (SSSR count). The van der Waals surface area contributed by atoms with Crippen LogP contribution in [0.4, 0.5) is 10.1 Å². The maximum Gasteiger partial charge on any atom is 0.304 e. The van der Waals surface area contributed by atoms with Crippen LogP contribution in [0.1, 0.15) is 20.3 Å². The van der Waals surface area contributed by atoms with Crippen LogP contribution in [0.2, 0.25) is 0 Å². The van der Waals surface area contributed by atoms with Crippen molar-refractivity contribution in [2.24, 2.45) is 5.41 Å². The zero-order chi connectivity index (χ0) is 14.8. The monoisotopic (exact) mass is 331 g/mol. The van der Waals surface area contributed by atoms with E-state index in [4.69, 9.17) is 5.11 Å². The topological polar surface area (TPSA) is 57.6 Å². The van der Waals surface area contributed by atoms with E-state index in [1.54, 1.807) is 0 Å². The number of carboxylic acids is 1. The van der Waals surface area contributed by atoms with Gasteiger partial charge in [0, 0.05) is 11.5 Å². The van der Waals surface area contributed by atoms with Crippen molar-refractivity contribution in [3.63, 3.8) is 0 Å². The average Bonchev–Trinajstić information content (AvgIpc) is 2.28. The highest BCUT2D eigenvalue weighted by Crippen LogP contribution is 2.29. The average molecular weight is 332 g/mol. The molecular formula is C13H15BrFNO3. The number of hydrogen-bond donors (Lipinski definition) is 1. The zero-order valence-corrected chi connectivity index (χ0v) is 12.5. The number of rotatable bonds is 4. The van der Waals surface area contributed by atoms with E-state index < -0.39 is 23.1 Å². The first-order valence-electron chi connectivity index (χ1n) is 5.60. The number of carboxylic acid groups (broad SMARTS) is 1. The molecule has 1 N–H and O–H groups in total. The molecule has 0 fully saturated rings. The smallest absolute Gasteiger partial charge is 0.304 e. The molecule has 6 heteroatoms. The van der Waals surface area contributed by atoms with Crippen molar-refractivity contribution in [2.75, 3.05) is 11.9 Å². The van der Waals surface area contributed by atoms with Gasteiger partial charge in [-0.05, 0) is 18.2 Å². The molecule has 1 aromatic carbocycles. The minimum Gasteiger partial charge on any atom is -0.481 e. The van der Waals surface area contributed by atoms with Gasteiger partial charge in [-0.3, -0.25) is 9.59 Å². The minimum absolute atomic E-state index is 0.109. The van der Waals surface area contributed by atoms with Gasteiger partial charge in [-0.25, -0.2) is 4.39 Å². The van der Waals surface area contributed by atoms with Crippen LogP contribution in [0, 0.1) is 11.2 Å². The Bertz CT molecular complexity index is 517. The Hall–Kier alpha value is -1.43. The molecule has 0 unspecified atom stereocenters. The number of carbonyl (C=O) groups is 2. The predicted octanol–water partition coefficient (Wildman–Crippen LogP) is 3.05. The van der Waals surface area contributed by atoms with Crippen LogP contribution in [0.15, 0.2) is 22.7 Å². The van der Waals surface area contributed by atoms with E-state index in [1.165, 1.54) is 39.1 Å². The number of hydrogen-bond acceptors (Lipinski definition) is 2. The third-order valence-electron chi connectivity index (χ3n) is 2.75. The van der Waals surface area contributed by atoms with Gasteiger partial charge in [0.15, 0.2) is 0 Å². The molecule has 104 valence electrons. The Morgan fingerprint density at radius 2 is 2.00 bits per heavy atom. The second-order valence-electron chi connectivity index (χ2n) is 4.91. The highest BCUT2D eigenvalue weighted by molar-refractivity contribution is 9.10. The van der Waals surface area contributed by atoms with Crippen molar-refractivity contribution < 1.29 is 19.1 Å². The SMILES string of the molecule is CN(C(=O)C(C)(C)CC(=O)O)c1cc(Br)ccc1F. The van der Waals surface area contributed by atoms with Gasteiger partial charge in [0.05, 0.1) is 17.5 Å². The molecule has 0 radical (unpaired) electrons. The lowest BCUT2D eigenvalue weighted by Gasteiger charge is -2.28. The highest BCUT2D eigenvalue weighted by atomic mass is 79.9. The molecule has 0 saturated carbocycles. The first-order valence-corrected chi connectivity index (χ1v) is 6.39. The van der Waals surface area contributed by atoms with Crippen molar-refractivity contribution >= 4 is 33.5 Å². The summed E-state index contributed by atoms with van der Waals surface area (Å²) in [7, 11) is 1.43. The molecule has 0 atom stereocenters. The van der Waals surface area contributed by atoms with E-state index >= 15 is 0 Å². The molecule has 0 bridgehead atoms. The summed E-state index contributed by atoms with van der Waals surface area (Å²) in [6.07, 6.45) is -0.314. The summed E-state index contributed by atoms with van der Waals surface area (Å²) in [5, 5.41) is 8.80. The molecule has 0 aliphatic rings. The van der Waals surface area contributed by atoms with Gasteiger partial charge in [-0.15, -0.1) is 0 Å². The van der Waals surface area contributed by atoms with Gasteiger partial charge in [0.2, 0.25) is 5.91 Å². The van der Waals surface area contributed by atoms with Gasteiger partial charge in [0.1, 0.15) is 5.82 Å². The highest BCUT2D eigenvalue weighted by Gasteiger charge is 2.34. The summed E-state index contributed by atoms with van der Waals surface area (Å²) in [5.41, 5.74) is -0.993. The molecule has 0 spiro atoms. The molecule has 19 heavy (non-hydrogen) atoms. The van der Waals surface area contributed by atoms with Crippen LogP contribution in [0.5, 0.6) is 0 Å². The number of nitrogens with zero attached hydrogens (tertiary/aromatic N) is 1. The minimum atomic E-state index is -1.10. The lowest BCUT2D eigenvalue weighted by atomic mass is 9.87. The summed E-state index contributed by atoms with van der Waals surface area (Å²) in [5.74, 6) is -2.06. The Kier molecular flexibility index (Phi) is 4.68. The van der Waals surface area contributed by atoms with Crippen molar-refractivity contribution in [3.8, 4) is 0 Å². The second-order valence-corrected chi connectivity index (χ2v) is 5.83. The van der Waals surface area contributed by atoms with Crippen molar-refractivity contribution in [1.29, 1.82) is 0 Å². The van der Waals surface area contributed by atoms with Gasteiger partial charge < -0.3 is 10.0 Å². The van der Waals surface area contributed by atoms with Crippen LogP contribution in [0.3, 0.4) is 0 Å². The first kappa shape index (κ1) is 15.6. The predicted molar refractivity (Wildman–Crippen MR) is 73.5 cm³/mol. The molecular weight excluding hydrogens is 317 g/mol. The molecule has 0 aliphatic heterocycles. The molecule has 1 amide bonds.